The van der Waals surface area contributed by atoms with Crippen LogP contribution in [0.3, 0.4) is 0 Å². The van der Waals surface area contributed by atoms with Gasteiger partial charge in [-0.1, -0.05) is 25.1 Å². The Morgan fingerprint density at radius 1 is 1.26 bits per heavy atom. The average Bonchev–Trinajstić information content (AvgIpc) is 2.97. The first-order valence-corrected chi connectivity index (χ1v) is 8.12. The lowest BCUT2D eigenvalue weighted by Gasteiger charge is -2.40. The maximum atomic E-state index is 5.34. The summed E-state index contributed by atoms with van der Waals surface area (Å²) in [5.41, 5.74) is 3.70. The van der Waals surface area contributed by atoms with Gasteiger partial charge in [0.1, 0.15) is 0 Å². The van der Waals surface area contributed by atoms with E-state index in [1.54, 1.807) is 0 Å². The molecule has 0 N–H and O–H groups in total. The molecule has 1 aromatic heterocycles. The van der Waals surface area contributed by atoms with Crippen LogP contribution in [0.1, 0.15) is 12.6 Å². The molecule has 0 unspecified atom stereocenters. The van der Waals surface area contributed by atoms with E-state index in [0.717, 1.165) is 50.1 Å². The molecule has 2 aliphatic heterocycles. The van der Waals surface area contributed by atoms with Gasteiger partial charge in [-0.25, -0.2) is 9.97 Å². The maximum Gasteiger partial charge on any atom is 0.225 e. The van der Waals surface area contributed by atoms with E-state index in [4.69, 9.17) is 9.72 Å². The van der Waals surface area contributed by atoms with Crippen molar-refractivity contribution in [2.24, 2.45) is 5.41 Å². The highest BCUT2D eigenvalue weighted by atomic mass is 16.5. The fourth-order valence-corrected chi connectivity index (χ4v) is 3.39. The highest BCUT2D eigenvalue weighted by Gasteiger charge is 2.35. The standard InChI is InChI=1S/C18H22N4O/c1-18(12-23-13-18)11-21(2)17-19-10-16-15(20-17)8-9-22(16)14-6-4-3-5-7-14/h3-7,10H,8-9,11-13H2,1-2H3. The Kier molecular flexibility index (Phi) is 3.45. The fraction of sp³-hybridized carbons (Fsp3) is 0.444. The number of ether oxygens (including phenoxy) is 1. The molecule has 0 aliphatic carbocycles. The monoisotopic (exact) mass is 310 g/mol. The Morgan fingerprint density at radius 3 is 2.74 bits per heavy atom. The minimum Gasteiger partial charge on any atom is -0.380 e. The molecular formula is C18H22N4O. The van der Waals surface area contributed by atoms with Crippen molar-refractivity contribution < 1.29 is 4.74 Å². The first-order valence-electron chi connectivity index (χ1n) is 8.12. The molecule has 5 nitrogen and oxygen atoms in total. The highest BCUT2D eigenvalue weighted by Crippen LogP contribution is 2.34. The molecule has 23 heavy (non-hydrogen) atoms. The van der Waals surface area contributed by atoms with Gasteiger partial charge in [-0.15, -0.1) is 0 Å². The number of para-hydroxylation sites is 1. The van der Waals surface area contributed by atoms with Crippen LogP contribution < -0.4 is 9.80 Å². The van der Waals surface area contributed by atoms with Gasteiger partial charge < -0.3 is 14.5 Å². The molecule has 4 rings (SSSR count). The molecule has 0 spiro atoms. The van der Waals surface area contributed by atoms with Crippen LogP contribution in [0, 0.1) is 5.41 Å². The zero-order valence-electron chi connectivity index (χ0n) is 13.7. The van der Waals surface area contributed by atoms with Crippen LogP contribution in [-0.2, 0) is 11.2 Å². The van der Waals surface area contributed by atoms with Gasteiger partial charge >= 0.3 is 0 Å². The van der Waals surface area contributed by atoms with Crippen molar-refractivity contribution in [1.29, 1.82) is 0 Å². The van der Waals surface area contributed by atoms with Crippen LogP contribution in [0.4, 0.5) is 17.3 Å². The summed E-state index contributed by atoms with van der Waals surface area (Å²) >= 11 is 0. The molecular weight excluding hydrogens is 288 g/mol. The average molecular weight is 310 g/mol. The molecule has 2 aliphatic rings. The first kappa shape index (κ1) is 14.5. The second-order valence-corrected chi connectivity index (χ2v) is 6.90. The summed E-state index contributed by atoms with van der Waals surface area (Å²) in [6.07, 6.45) is 2.93. The van der Waals surface area contributed by atoms with Crippen molar-refractivity contribution in [2.45, 2.75) is 13.3 Å². The summed E-state index contributed by atoms with van der Waals surface area (Å²) in [4.78, 5) is 13.8. The topological polar surface area (TPSA) is 41.5 Å². The predicted octanol–water partition coefficient (Wildman–Crippen LogP) is 2.64. The predicted molar refractivity (Wildman–Crippen MR) is 91.4 cm³/mol. The normalized spacial score (nSPS) is 18.4. The molecule has 120 valence electrons. The Bertz CT molecular complexity index is 699. The summed E-state index contributed by atoms with van der Waals surface area (Å²) in [5, 5.41) is 0. The lowest BCUT2D eigenvalue weighted by atomic mass is 9.88. The molecule has 0 saturated carbocycles. The van der Waals surface area contributed by atoms with Crippen molar-refractivity contribution in [3.05, 3.63) is 42.2 Å². The van der Waals surface area contributed by atoms with Crippen LogP contribution in [0.15, 0.2) is 36.5 Å². The van der Waals surface area contributed by atoms with E-state index in [2.05, 4.69) is 53.0 Å². The van der Waals surface area contributed by atoms with Crippen LogP contribution in [-0.4, -0.2) is 43.3 Å². The van der Waals surface area contributed by atoms with E-state index in [-0.39, 0.29) is 5.41 Å². The quantitative estimate of drug-likeness (QED) is 0.868. The van der Waals surface area contributed by atoms with Gasteiger partial charge in [-0.2, -0.15) is 0 Å². The van der Waals surface area contributed by atoms with Crippen molar-refractivity contribution in [1.82, 2.24) is 9.97 Å². The minimum atomic E-state index is 0.229. The maximum absolute atomic E-state index is 5.34. The number of nitrogens with zero attached hydrogens (tertiary/aromatic N) is 4. The number of benzene rings is 1. The summed E-state index contributed by atoms with van der Waals surface area (Å²) in [5.74, 6) is 0.812. The third kappa shape index (κ3) is 2.65. The first-order chi connectivity index (χ1) is 11.1. The van der Waals surface area contributed by atoms with E-state index >= 15 is 0 Å². The number of aromatic nitrogens is 2. The molecule has 0 bridgehead atoms. The lowest BCUT2D eigenvalue weighted by Crippen LogP contribution is -2.48. The van der Waals surface area contributed by atoms with Gasteiger partial charge in [0.25, 0.3) is 0 Å². The van der Waals surface area contributed by atoms with Crippen LogP contribution in [0.2, 0.25) is 0 Å². The van der Waals surface area contributed by atoms with Crippen molar-refractivity contribution in [2.75, 3.05) is 43.2 Å². The van der Waals surface area contributed by atoms with Crippen LogP contribution in [0.5, 0.6) is 0 Å². The third-order valence-electron chi connectivity index (χ3n) is 4.63. The van der Waals surface area contributed by atoms with Gasteiger partial charge in [0.2, 0.25) is 5.95 Å². The SMILES string of the molecule is CN(CC1(C)COC1)c1ncc2c(n1)CCN2c1ccccc1. The number of anilines is 3. The van der Waals surface area contributed by atoms with Gasteiger partial charge in [-0.05, 0) is 12.1 Å². The largest absolute Gasteiger partial charge is 0.380 e. The molecule has 1 saturated heterocycles. The van der Waals surface area contributed by atoms with Gasteiger partial charge in [0.05, 0.1) is 30.8 Å². The Hall–Kier alpha value is -2.14. The molecule has 1 aromatic carbocycles. The van der Waals surface area contributed by atoms with E-state index < -0.39 is 0 Å². The van der Waals surface area contributed by atoms with Crippen LogP contribution in [0.25, 0.3) is 0 Å². The zero-order valence-corrected chi connectivity index (χ0v) is 13.7. The summed E-state index contributed by atoms with van der Waals surface area (Å²) in [6.45, 7) is 5.78. The van der Waals surface area contributed by atoms with E-state index in [0.29, 0.717) is 0 Å². The zero-order chi connectivity index (χ0) is 15.9. The van der Waals surface area contributed by atoms with E-state index in [9.17, 15) is 0 Å². The Morgan fingerprint density at radius 2 is 2.04 bits per heavy atom. The Labute approximate surface area is 136 Å². The molecule has 0 amide bonds. The second kappa shape index (κ2) is 5.49. The van der Waals surface area contributed by atoms with Crippen molar-refractivity contribution in [3.8, 4) is 0 Å². The molecule has 3 heterocycles. The third-order valence-corrected chi connectivity index (χ3v) is 4.63. The van der Waals surface area contributed by atoms with Gasteiger partial charge in [0.15, 0.2) is 0 Å². The molecule has 0 atom stereocenters. The summed E-state index contributed by atoms with van der Waals surface area (Å²) in [7, 11) is 2.06. The summed E-state index contributed by atoms with van der Waals surface area (Å²) < 4.78 is 5.34. The number of rotatable bonds is 4. The van der Waals surface area contributed by atoms with Gasteiger partial charge in [-0.3, -0.25) is 0 Å². The molecule has 5 heteroatoms. The summed E-state index contributed by atoms with van der Waals surface area (Å²) in [6, 6.07) is 10.4. The Balaban J connectivity index is 1.55. The number of hydrogen-bond acceptors (Lipinski definition) is 5. The van der Waals surface area contributed by atoms with Gasteiger partial charge in [0, 0.05) is 37.7 Å². The lowest BCUT2D eigenvalue weighted by molar-refractivity contribution is -0.0952. The fourth-order valence-electron chi connectivity index (χ4n) is 3.39. The van der Waals surface area contributed by atoms with E-state index in [1.165, 1.54) is 5.69 Å². The highest BCUT2D eigenvalue weighted by molar-refractivity contribution is 5.68. The number of fused-ring (bicyclic) bond motifs is 1. The molecule has 0 radical (unpaired) electrons. The molecule has 1 fully saturated rings. The van der Waals surface area contributed by atoms with Crippen molar-refractivity contribution >= 4 is 17.3 Å². The van der Waals surface area contributed by atoms with Crippen LogP contribution >= 0.6 is 0 Å². The molecule has 2 aromatic rings. The smallest absolute Gasteiger partial charge is 0.225 e. The number of hydrogen-bond donors (Lipinski definition) is 0. The second-order valence-electron chi connectivity index (χ2n) is 6.90. The van der Waals surface area contributed by atoms with E-state index in [1.807, 2.05) is 12.3 Å². The van der Waals surface area contributed by atoms with Crippen molar-refractivity contribution in [3.63, 3.8) is 0 Å². The minimum absolute atomic E-state index is 0.229.